The molecule has 0 aliphatic rings. The second kappa shape index (κ2) is 14.1. The Morgan fingerprint density at radius 3 is 0.786 bits per heavy atom. The fourth-order valence-corrected chi connectivity index (χ4v) is 1.48. The van der Waals surface area contributed by atoms with Crippen molar-refractivity contribution in [3.8, 4) is 0 Å². The Kier molecular flexibility index (Phi) is 12.5. The average molecular weight is 458 g/mol. The zero-order valence-corrected chi connectivity index (χ0v) is 17.3. The van der Waals surface area contributed by atoms with Crippen molar-refractivity contribution in [1.29, 1.82) is 0 Å². The van der Waals surface area contributed by atoms with Crippen LogP contribution in [0, 0.1) is 0 Å². The standard InChI is InChI=1S/3C6H5NO2.Y/c3*8-6(9)5-1-3-7-4-2-5;/h3*1-4H,(H,8,9);. The fraction of sp³-hybridized carbons (Fsp3) is 0. The van der Waals surface area contributed by atoms with E-state index in [1.807, 2.05) is 0 Å². The van der Waals surface area contributed by atoms with Crippen LogP contribution in [-0.4, -0.2) is 48.2 Å². The maximum Gasteiger partial charge on any atom is 0.335 e. The molecular weight excluding hydrogens is 443 g/mol. The maximum absolute atomic E-state index is 10.2. The van der Waals surface area contributed by atoms with Gasteiger partial charge in [0.1, 0.15) is 0 Å². The van der Waals surface area contributed by atoms with Crippen molar-refractivity contribution in [3.05, 3.63) is 90.3 Å². The molecule has 9 nitrogen and oxygen atoms in total. The summed E-state index contributed by atoms with van der Waals surface area (Å²) in [6, 6.07) is 8.68. The summed E-state index contributed by atoms with van der Waals surface area (Å²) in [5.41, 5.74) is 0.806. The van der Waals surface area contributed by atoms with Crippen molar-refractivity contribution in [3.63, 3.8) is 0 Å². The second-order valence-electron chi connectivity index (χ2n) is 4.62. The van der Waals surface area contributed by atoms with Gasteiger partial charge in [0.15, 0.2) is 0 Å². The van der Waals surface area contributed by atoms with Crippen LogP contribution in [0.15, 0.2) is 73.6 Å². The van der Waals surface area contributed by atoms with Crippen LogP contribution in [0.4, 0.5) is 0 Å². The van der Waals surface area contributed by atoms with Crippen LogP contribution in [0.3, 0.4) is 0 Å². The number of hydrogen-bond acceptors (Lipinski definition) is 6. The Morgan fingerprint density at radius 1 is 0.500 bits per heavy atom. The molecule has 0 saturated heterocycles. The molecule has 3 heterocycles. The van der Waals surface area contributed by atoms with Gasteiger partial charge < -0.3 is 15.3 Å². The molecule has 10 heteroatoms. The minimum Gasteiger partial charge on any atom is -0.478 e. The van der Waals surface area contributed by atoms with E-state index in [0.29, 0.717) is 0 Å². The summed E-state index contributed by atoms with van der Waals surface area (Å²) in [7, 11) is 0. The maximum atomic E-state index is 10.2. The van der Waals surface area contributed by atoms with Gasteiger partial charge in [-0.25, -0.2) is 14.4 Å². The molecule has 0 bridgehead atoms. The monoisotopic (exact) mass is 458 g/mol. The Balaban J connectivity index is 0.000000384. The third kappa shape index (κ3) is 10.2. The molecule has 0 aliphatic carbocycles. The number of rotatable bonds is 3. The number of aromatic carboxylic acids is 3. The topological polar surface area (TPSA) is 151 Å². The van der Waals surface area contributed by atoms with Crippen LogP contribution in [0.1, 0.15) is 31.1 Å². The summed E-state index contributed by atoms with van der Waals surface area (Å²) in [5.74, 6) is -2.76. The summed E-state index contributed by atoms with van der Waals surface area (Å²) in [6.07, 6.45) is 8.69. The zero-order valence-electron chi connectivity index (χ0n) is 14.4. The predicted octanol–water partition coefficient (Wildman–Crippen LogP) is 2.34. The molecule has 0 saturated carbocycles. The normalized spacial score (nSPS) is 8.57. The average Bonchev–Trinajstić information content (AvgIpc) is 2.71. The zero-order chi connectivity index (χ0) is 20.1. The molecule has 0 atom stereocenters. The van der Waals surface area contributed by atoms with E-state index < -0.39 is 17.9 Å². The number of carboxylic acids is 3. The molecule has 3 aromatic rings. The molecule has 0 aromatic carbocycles. The van der Waals surface area contributed by atoms with E-state index in [0.717, 1.165) is 0 Å². The van der Waals surface area contributed by atoms with Crippen LogP contribution in [0.25, 0.3) is 0 Å². The van der Waals surface area contributed by atoms with E-state index in [1.165, 1.54) is 73.6 Å². The Hall–Kier alpha value is -3.04. The van der Waals surface area contributed by atoms with Crippen molar-refractivity contribution in [2.24, 2.45) is 0 Å². The van der Waals surface area contributed by atoms with Gasteiger partial charge in [-0.3, -0.25) is 15.0 Å². The number of carboxylic acid groups (broad SMARTS) is 3. The molecule has 0 spiro atoms. The largest absolute Gasteiger partial charge is 0.478 e. The van der Waals surface area contributed by atoms with Crippen molar-refractivity contribution in [2.75, 3.05) is 0 Å². The Morgan fingerprint density at radius 2 is 0.679 bits per heavy atom. The number of carbonyl (C=O) groups is 3. The molecule has 28 heavy (non-hydrogen) atoms. The Bertz CT molecular complexity index is 747. The van der Waals surface area contributed by atoms with Gasteiger partial charge in [0.05, 0.1) is 16.7 Å². The number of aromatic nitrogens is 3. The summed E-state index contributed by atoms with van der Waals surface area (Å²) in [6.45, 7) is 0. The van der Waals surface area contributed by atoms with E-state index in [4.69, 9.17) is 15.3 Å². The molecule has 0 aliphatic heterocycles. The van der Waals surface area contributed by atoms with Gasteiger partial charge in [-0.2, -0.15) is 0 Å². The quantitative estimate of drug-likeness (QED) is 0.537. The third-order valence-corrected chi connectivity index (χ3v) is 2.78. The van der Waals surface area contributed by atoms with Gasteiger partial charge >= 0.3 is 17.9 Å². The minimum atomic E-state index is -0.919. The summed E-state index contributed by atoms with van der Waals surface area (Å²) >= 11 is 0. The van der Waals surface area contributed by atoms with Crippen molar-refractivity contribution in [2.45, 2.75) is 0 Å². The van der Waals surface area contributed by atoms with Crippen LogP contribution in [0.5, 0.6) is 0 Å². The van der Waals surface area contributed by atoms with E-state index in [-0.39, 0.29) is 49.4 Å². The molecular formula is C18H15N3O6Y. The van der Waals surface area contributed by atoms with Gasteiger partial charge in [0.2, 0.25) is 0 Å². The molecule has 3 rings (SSSR count). The first kappa shape index (κ1) is 25.0. The van der Waals surface area contributed by atoms with Gasteiger partial charge in [0.25, 0.3) is 0 Å². The predicted molar refractivity (Wildman–Crippen MR) is 93.6 cm³/mol. The summed E-state index contributed by atoms with van der Waals surface area (Å²) < 4.78 is 0. The smallest absolute Gasteiger partial charge is 0.335 e. The van der Waals surface area contributed by atoms with Crippen LogP contribution < -0.4 is 0 Å². The second-order valence-corrected chi connectivity index (χ2v) is 4.62. The van der Waals surface area contributed by atoms with Crippen molar-refractivity contribution >= 4 is 17.9 Å². The minimum absolute atomic E-state index is 0. The molecule has 3 N–H and O–H groups in total. The van der Waals surface area contributed by atoms with Gasteiger partial charge in [-0.1, -0.05) is 0 Å². The van der Waals surface area contributed by atoms with E-state index in [1.54, 1.807) is 0 Å². The van der Waals surface area contributed by atoms with Crippen LogP contribution in [-0.2, 0) is 32.7 Å². The molecule has 0 fully saturated rings. The summed E-state index contributed by atoms with van der Waals surface area (Å²) in [5, 5.41) is 25.1. The Labute approximate surface area is 185 Å². The first-order valence-corrected chi connectivity index (χ1v) is 7.31. The molecule has 0 amide bonds. The van der Waals surface area contributed by atoms with E-state index >= 15 is 0 Å². The van der Waals surface area contributed by atoms with Gasteiger partial charge in [-0.15, -0.1) is 0 Å². The molecule has 141 valence electrons. The first-order chi connectivity index (χ1) is 12.9. The summed E-state index contributed by atoms with van der Waals surface area (Å²) in [4.78, 5) is 41.5. The van der Waals surface area contributed by atoms with Gasteiger partial charge in [-0.05, 0) is 36.4 Å². The number of pyridine rings is 3. The van der Waals surface area contributed by atoms with Crippen molar-refractivity contribution < 1.29 is 62.4 Å². The number of nitrogens with zero attached hydrogens (tertiary/aromatic N) is 3. The molecule has 1 radical (unpaired) electrons. The third-order valence-electron chi connectivity index (χ3n) is 2.78. The van der Waals surface area contributed by atoms with E-state index in [2.05, 4.69) is 15.0 Å². The van der Waals surface area contributed by atoms with Crippen LogP contribution >= 0.6 is 0 Å². The first-order valence-electron chi connectivity index (χ1n) is 7.31. The van der Waals surface area contributed by atoms with Crippen LogP contribution in [0.2, 0.25) is 0 Å². The molecule has 3 aromatic heterocycles. The number of hydrogen-bond donors (Lipinski definition) is 3. The SMILES string of the molecule is O=C(O)c1ccncc1.O=C(O)c1ccncc1.O=C(O)c1ccncc1.[Y]. The van der Waals surface area contributed by atoms with Gasteiger partial charge in [0, 0.05) is 69.9 Å². The fourth-order valence-electron chi connectivity index (χ4n) is 1.48. The van der Waals surface area contributed by atoms with E-state index in [9.17, 15) is 14.4 Å². The van der Waals surface area contributed by atoms with Crippen molar-refractivity contribution in [1.82, 2.24) is 15.0 Å². The molecule has 0 unspecified atom stereocenters.